The highest BCUT2D eigenvalue weighted by molar-refractivity contribution is 5.07. The summed E-state index contributed by atoms with van der Waals surface area (Å²) >= 11 is 0. The molecular weight excluding hydrogens is 164 g/mol. The minimum atomic E-state index is -0.358. The molecule has 0 spiro atoms. The molecule has 0 aromatic carbocycles. The van der Waals surface area contributed by atoms with Crippen LogP contribution in [0.5, 0.6) is 0 Å². The third-order valence-corrected chi connectivity index (χ3v) is 1.99. The second kappa shape index (κ2) is 4.35. The lowest BCUT2D eigenvalue weighted by molar-refractivity contribution is 0.245. The van der Waals surface area contributed by atoms with Crippen LogP contribution in [-0.4, -0.2) is 22.2 Å². The number of hydrogen-bond donors (Lipinski definition) is 2. The van der Waals surface area contributed by atoms with Gasteiger partial charge in [-0.25, -0.2) is 0 Å². The molecule has 0 aliphatic carbocycles. The molecule has 1 heterocycles. The van der Waals surface area contributed by atoms with Gasteiger partial charge in [0.05, 0.1) is 0 Å². The molecular formula is C10H16N2O. The van der Waals surface area contributed by atoms with E-state index < -0.39 is 0 Å². The zero-order chi connectivity index (χ0) is 9.73. The highest BCUT2D eigenvalue weighted by Gasteiger charge is 2.18. The quantitative estimate of drug-likeness (QED) is 0.718. The number of aliphatic hydroxyl groups excluding tert-OH is 1. The van der Waals surface area contributed by atoms with Crippen LogP contribution in [0.25, 0.3) is 0 Å². The second-order valence-electron chi connectivity index (χ2n) is 3.63. The summed E-state index contributed by atoms with van der Waals surface area (Å²) < 4.78 is 0. The fourth-order valence-corrected chi connectivity index (χ4v) is 1.26. The summed E-state index contributed by atoms with van der Waals surface area (Å²) in [5.74, 6) is 0. The number of pyridine rings is 1. The van der Waals surface area contributed by atoms with Gasteiger partial charge in [0.2, 0.25) is 0 Å². The first-order valence-electron chi connectivity index (χ1n) is 4.44. The van der Waals surface area contributed by atoms with Crippen molar-refractivity contribution in [2.75, 3.05) is 6.61 Å². The van der Waals surface area contributed by atoms with Crippen LogP contribution in [0.3, 0.4) is 0 Å². The Balaban J connectivity index is 2.58. The first-order valence-corrected chi connectivity index (χ1v) is 4.44. The molecule has 0 saturated heterocycles. The number of nitrogens with two attached hydrogens (primary N) is 1. The predicted octanol–water partition coefficient (Wildman–Crippen LogP) is 0.724. The van der Waals surface area contributed by atoms with Crippen molar-refractivity contribution in [1.82, 2.24) is 4.98 Å². The summed E-state index contributed by atoms with van der Waals surface area (Å²) in [6.07, 6.45) is 3.06. The molecule has 3 N–H and O–H groups in total. The smallest absolute Gasteiger partial charge is 0.0448 e. The lowest BCUT2D eigenvalue weighted by Gasteiger charge is -2.22. The maximum Gasteiger partial charge on any atom is 0.0448 e. The van der Waals surface area contributed by atoms with E-state index in [2.05, 4.69) is 4.98 Å². The highest BCUT2D eigenvalue weighted by atomic mass is 16.3. The predicted molar refractivity (Wildman–Crippen MR) is 52.2 cm³/mol. The summed E-state index contributed by atoms with van der Waals surface area (Å²) in [5, 5.41) is 8.78. The van der Waals surface area contributed by atoms with Crippen molar-refractivity contribution in [2.24, 2.45) is 5.73 Å². The molecule has 0 unspecified atom stereocenters. The summed E-state index contributed by atoms with van der Waals surface area (Å²) in [7, 11) is 0. The SMILES string of the molecule is C[C@@](N)(CCO)Cc1ccccn1. The van der Waals surface area contributed by atoms with Gasteiger partial charge in [0.15, 0.2) is 0 Å². The molecule has 0 radical (unpaired) electrons. The molecule has 3 nitrogen and oxygen atoms in total. The zero-order valence-electron chi connectivity index (χ0n) is 7.90. The largest absolute Gasteiger partial charge is 0.396 e. The number of aromatic nitrogens is 1. The van der Waals surface area contributed by atoms with Gasteiger partial charge in [0.25, 0.3) is 0 Å². The van der Waals surface area contributed by atoms with Crippen molar-refractivity contribution in [1.29, 1.82) is 0 Å². The molecule has 1 aromatic rings. The van der Waals surface area contributed by atoms with Gasteiger partial charge in [-0.05, 0) is 25.5 Å². The van der Waals surface area contributed by atoms with E-state index >= 15 is 0 Å². The minimum absolute atomic E-state index is 0.125. The lowest BCUT2D eigenvalue weighted by atomic mass is 9.93. The van der Waals surface area contributed by atoms with Gasteiger partial charge < -0.3 is 10.8 Å². The van der Waals surface area contributed by atoms with Crippen LogP contribution >= 0.6 is 0 Å². The minimum Gasteiger partial charge on any atom is -0.396 e. The Morgan fingerprint density at radius 3 is 2.85 bits per heavy atom. The van der Waals surface area contributed by atoms with Crippen LogP contribution in [-0.2, 0) is 6.42 Å². The maximum absolute atomic E-state index is 8.78. The maximum atomic E-state index is 8.78. The number of aliphatic hydroxyl groups is 1. The average Bonchev–Trinajstić information content (AvgIpc) is 2.04. The molecule has 13 heavy (non-hydrogen) atoms. The van der Waals surface area contributed by atoms with E-state index in [1.54, 1.807) is 6.20 Å². The van der Waals surface area contributed by atoms with Crippen LogP contribution in [0.2, 0.25) is 0 Å². The Morgan fingerprint density at radius 2 is 2.31 bits per heavy atom. The Kier molecular flexibility index (Phi) is 3.39. The molecule has 0 aliphatic heterocycles. The molecule has 1 atom stereocenters. The molecule has 0 amide bonds. The highest BCUT2D eigenvalue weighted by Crippen LogP contribution is 2.11. The van der Waals surface area contributed by atoms with E-state index in [0.717, 1.165) is 5.69 Å². The Bertz CT molecular complexity index is 246. The van der Waals surface area contributed by atoms with Crippen LogP contribution in [0.4, 0.5) is 0 Å². The first kappa shape index (κ1) is 10.2. The molecule has 1 aromatic heterocycles. The van der Waals surface area contributed by atoms with Gasteiger partial charge >= 0.3 is 0 Å². The van der Waals surface area contributed by atoms with Crippen LogP contribution in [0.1, 0.15) is 19.0 Å². The van der Waals surface area contributed by atoms with E-state index in [4.69, 9.17) is 10.8 Å². The molecule has 0 bridgehead atoms. The van der Waals surface area contributed by atoms with Crippen LogP contribution < -0.4 is 5.73 Å². The summed E-state index contributed by atoms with van der Waals surface area (Å²) in [6, 6.07) is 5.77. The van der Waals surface area contributed by atoms with Crippen molar-refractivity contribution in [2.45, 2.75) is 25.3 Å². The second-order valence-corrected chi connectivity index (χ2v) is 3.63. The molecule has 0 aliphatic rings. The summed E-state index contributed by atoms with van der Waals surface area (Å²) in [5.41, 5.74) is 6.57. The van der Waals surface area contributed by atoms with Gasteiger partial charge in [-0.3, -0.25) is 4.98 Å². The fourth-order valence-electron chi connectivity index (χ4n) is 1.26. The van der Waals surface area contributed by atoms with E-state index in [1.807, 2.05) is 25.1 Å². The van der Waals surface area contributed by atoms with Gasteiger partial charge in [-0.2, -0.15) is 0 Å². The zero-order valence-corrected chi connectivity index (χ0v) is 7.90. The van der Waals surface area contributed by atoms with Gasteiger partial charge in [0, 0.05) is 30.5 Å². The fraction of sp³-hybridized carbons (Fsp3) is 0.500. The molecule has 1 rings (SSSR count). The Morgan fingerprint density at radius 1 is 1.54 bits per heavy atom. The molecule has 0 saturated carbocycles. The van der Waals surface area contributed by atoms with Gasteiger partial charge in [0.1, 0.15) is 0 Å². The molecule has 0 fully saturated rings. The van der Waals surface area contributed by atoms with Crippen molar-refractivity contribution in [3.63, 3.8) is 0 Å². The summed E-state index contributed by atoms with van der Waals surface area (Å²) in [4.78, 5) is 4.18. The first-order chi connectivity index (χ1) is 6.14. The van der Waals surface area contributed by atoms with E-state index in [1.165, 1.54) is 0 Å². The van der Waals surface area contributed by atoms with E-state index in [9.17, 15) is 0 Å². The topological polar surface area (TPSA) is 59.1 Å². The lowest BCUT2D eigenvalue weighted by Crippen LogP contribution is -2.39. The normalized spacial score (nSPS) is 15.3. The number of hydrogen-bond acceptors (Lipinski definition) is 3. The molecule has 3 heteroatoms. The number of nitrogens with zero attached hydrogens (tertiary/aromatic N) is 1. The third kappa shape index (κ3) is 3.53. The summed E-state index contributed by atoms with van der Waals surface area (Å²) in [6.45, 7) is 2.05. The Hall–Kier alpha value is -0.930. The third-order valence-electron chi connectivity index (χ3n) is 1.99. The van der Waals surface area contributed by atoms with E-state index in [-0.39, 0.29) is 12.1 Å². The van der Waals surface area contributed by atoms with Crippen molar-refractivity contribution in [3.8, 4) is 0 Å². The van der Waals surface area contributed by atoms with Gasteiger partial charge in [-0.15, -0.1) is 0 Å². The van der Waals surface area contributed by atoms with Crippen molar-refractivity contribution >= 4 is 0 Å². The average molecular weight is 180 g/mol. The molecule has 72 valence electrons. The number of rotatable bonds is 4. The van der Waals surface area contributed by atoms with Crippen molar-refractivity contribution < 1.29 is 5.11 Å². The van der Waals surface area contributed by atoms with Gasteiger partial charge in [-0.1, -0.05) is 6.07 Å². The standard InChI is InChI=1S/C10H16N2O/c1-10(11,5-7-13)8-9-4-2-3-6-12-9/h2-4,6,13H,5,7-8,11H2,1H3/t10-/m1/s1. The van der Waals surface area contributed by atoms with E-state index in [0.29, 0.717) is 12.8 Å². The Labute approximate surface area is 78.6 Å². The van der Waals surface area contributed by atoms with Crippen LogP contribution in [0.15, 0.2) is 24.4 Å². The monoisotopic (exact) mass is 180 g/mol. The van der Waals surface area contributed by atoms with Crippen LogP contribution in [0, 0.1) is 0 Å². The van der Waals surface area contributed by atoms with Crippen molar-refractivity contribution in [3.05, 3.63) is 30.1 Å².